The lowest BCUT2D eigenvalue weighted by Crippen LogP contribution is -2.36. The maximum Gasteiger partial charge on any atom is 0.334 e. The molecule has 0 saturated carbocycles. The van der Waals surface area contributed by atoms with Crippen LogP contribution >= 0.6 is 0 Å². The minimum atomic E-state index is -0.595. The van der Waals surface area contributed by atoms with Crippen LogP contribution in [0.5, 0.6) is 0 Å². The number of hydrogen-bond donors (Lipinski definition) is 1. The van der Waals surface area contributed by atoms with Gasteiger partial charge in [0.25, 0.3) is 0 Å². The Bertz CT molecular complexity index is 467. The second-order valence-corrected chi connectivity index (χ2v) is 6.06. The molecule has 0 aromatic carbocycles. The van der Waals surface area contributed by atoms with E-state index >= 15 is 0 Å². The van der Waals surface area contributed by atoms with Crippen LogP contribution in [0.1, 0.15) is 33.1 Å². The Balaban J connectivity index is 1.91. The Hall–Kier alpha value is -1.13. The molecule has 0 amide bonds. The van der Waals surface area contributed by atoms with E-state index in [-0.39, 0.29) is 24.1 Å². The number of fused-ring (bicyclic) bond motifs is 3. The fourth-order valence-electron chi connectivity index (χ4n) is 3.18. The molecule has 0 aromatic heterocycles. The molecule has 1 aliphatic carbocycles. The molecule has 0 spiro atoms. The Kier molecular flexibility index (Phi) is 2.84. The van der Waals surface area contributed by atoms with Crippen LogP contribution in [0.4, 0.5) is 0 Å². The van der Waals surface area contributed by atoms with Crippen molar-refractivity contribution < 1.29 is 19.4 Å². The van der Waals surface area contributed by atoms with E-state index in [1.54, 1.807) is 0 Å². The highest BCUT2D eigenvalue weighted by molar-refractivity contribution is 5.91. The quantitative estimate of drug-likeness (QED) is 0.313. The third-order valence-electron chi connectivity index (χ3n) is 4.74. The predicted molar refractivity (Wildman–Crippen MR) is 69.4 cm³/mol. The van der Waals surface area contributed by atoms with E-state index in [0.29, 0.717) is 12.0 Å². The molecule has 3 aliphatic rings. The number of aliphatic hydroxyl groups is 1. The highest BCUT2D eigenvalue weighted by Crippen LogP contribution is 2.49. The molecule has 2 heterocycles. The van der Waals surface area contributed by atoms with Gasteiger partial charge in [-0.1, -0.05) is 18.2 Å². The number of allylic oxidation sites excluding steroid dienone is 1. The third kappa shape index (κ3) is 1.94. The van der Waals surface area contributed by atoms with Crippen LogP contribution in [-0.4, -0.2) is 35.0 Å². The molecule has 2 saturated heterocycles. The van der Waals surface area contributed by atoms with Gasteiger partial charge in [-0.25, -0.2) is 4.79 Å². The lowest BCUT2D eigenvalue weighted by Gasteiger charge is -2.21. The molecule has 0 bridgehead atoms. The largest absolute Gasteiger partial charge is 0.455 e. The number of epoxide rings is 1. The van der Waals surface area contributed by atoms with Gasteiger partial charge in [-0.15, -0.1) is 0 Å². The molecule has 2 fully saturated rings. The summed E-state index contributed by atoms with van der Waals surface area (Å²) >= 11 is 0. The summed E-state index contributed by atoms with van der Waals surface area (Å²) in [4.78, 5) is 11.7. The highest BCUT2D eigenvalue weighted by Gasteiger charge is 2.65. The van der Waals surface area contributed by atoms with Crippen molar-refractivity contribution in [3.63, 3.8) is 0 Å². The predicted octanol–water partition coefficient (Wildman–Crippen LogP) is 1.73. The van der Waals surface area contributed by atoms with Gasteiger partial charge < -0.3 is 14.6 Å². The first-order valence-electron chi connectivity index (χ1n) is 6.85. The van der Waals surface area contributed by atoms with Crippen molar-refractivity contribution in [2.24, 2.45) is 5.92 Å². The van der Waals surface area contributed by atoms with Gasteiger partial charge >= 0.3 is 5.97 Å². The fourth-order valence-corrected chi connectivity index (χ4v) is 3.18. The molecule has 1 N–H and O–H groups in total. The zero-order valence-corrected chi connectivity index (χ0v) is 11.4. The van der Waals surface area contributed by atoms with E-state index < -0.39 is 11.7 Å². The first-order chi connectivity index (χ1) is 8.93. The molecule has 0 aromatic rings. The van der Waals surface area contributed by atoms with Gasteiger partial charge in [-0.3, -0.25) is 0 Å². The lowest BCUT2D eigenvalue weighted by atomic mass is 9.83. The summed E-state index contributed by atoms with van der Waals surface area (Å²) in [5, 5.41) is 10.2. The van der Waals surface area contributed by atoms with Crippen LogP contribution in [-0.2, 0) is 14.3 Å². The molecule has 2 aliphatic heterocycles. The molecule has 0 radical (unpaired) electrons. The molecule has 19 heavy (non-hydrogen) atoms. The van der Waals surface area contributed by atoms with E-state index in [4.69, 9.17) is 9.47 Å². The van der Waals surface area contributed by atoms with Gasteiger partial charge in [-0.2, -0.15) is 0 Å². The molecular formula is C15H20O4. The SMILES string of the molecule is C=C1C(=O)O[C@H]2[C@H]1CC/C(C)=C/C[C@H](O)[C@@]1(C)O[C@@H]21. The van der Waals surface area contributed by atoms with E-state index in [9.17, 15) is 9.90 Å². The first kappa shape index (κ1) is 12.9. The van der Waals surface area contributed by atoms with E-state index in [2.05, 4.69) is 19.6 Å². The number of carbonyl (C=O) groups excluding carboxylic acids is 1. The summed E-state index contributed by atoms with van der Waals surface area (Å²) in [6.45, 7) is 7.79. The van der Waals surface area contributed by atoms with Crippen LogP contribution in [0, 0.1) is 5.92 Å². The van der Waals surface area contributed by atoms with E-state index in [0.717, 1.165) is 12.8 Å². The summed E-state index contributed by atoms with van der Waals surface area (Å²) in [5.74, 6) is -0.309. The number of hydrogen-bond acceptors (Lipinski definition) is 4. The van der Waals surface area contributed by atoms with Crippen LogP contribution in [0.15, 0.2) is 23.8 Å². The maximum atomic E-state index is 11.7. The lowest BCUT2D eigenvalue weighted by molar-refractivity contribution is -0.140. The number of aliphatic hydroxyl groups excluding tert-OH is 1. The first-order valence-corrected chi connectivity index (χ1v) is 6.85. The van der Waals surface area contributed by atoms with Crippen LogP contribution < -0.4 is 0 Å². The zero-order chi connectivity index (χ0) is 13.8. The molecule has 104 valence electrons. The number of rotatable bonds is 0. The van der Waals surface area contributed by atoms with Gasteiger partial charge in [0.15, 0.2) is 0 Å². The van der Waals surface area contributed by atoms with Gasteiger partial charge in [0.1, 0.15) is 17.8 Å². The summed E-state index contributed by atoms with van der Waals surface area (Å²) in [5.41, 5.74) is 1.18. The van der Waals surface area contributed by atoms with Crippen molar-refractivity contribution in [3.05, 3.63) is 23.8 Å². The smallest absolute Gasteiger partial charge is 0.334 e. The van der Waals surface area contributed by atoms with E-state index in [1.807, 2.05) is 6.92 Å². The topological polar surface area (TPSA) is 59.1 Å². The van der Waals surface area contributed by atoms with Crippen molar-refractivity contribution in [1.82, 2.24) is 0 Å². The van der Waals surface area contributed by atoms with Gasteiger partial charge in [0.2, 0.25) is 0 Å². The Labute approximate surface area is 113 Å². The Morgan fingerprint density at radius 1 is 1.53 bits per heavy atom. The third-order valence-corrected chi connectivity index (χ3v) is 4.74. The maximum absolute atomic E-state index is 11.7. The number of esters is 1. The summed E-state index contributed by atoms with van der Waals surface area (Å²) in [7, 11) is 0. The number of carbonyl (C=O) groups is 1. The summed E-state index contributed by atoms with van der Waals surface area (Å²) in [6.07, 6.45) is 3.35. The summed E-state index contributed by atoms with van der Waals surface area (Å²) < 4.78 is 11.1. The standard InChI is InChI=1S/C15H20O4/c1-8-4-6-10-9(2)14(17)18-12(10)13-15(3,19-13)11(16)7-5-8/h5,10-13,16H,2,4,6-7H2,1,3H3/b8-5+/t10-,11-,12-,13-,15+/m0/s1. The van der Waals surface area contributed by atoms with Crippen molar-refractivity contribution >= 4 is 5.97 Å². The van der Waals surface area contributed by atoms with Gasteiger partial charge in [0, 0.05) is 11.5 Å². The molecule has 4 nitrogen and oxygen atoms in total. The van der Waals surface area contributed by atoms with Crippen molar-refractivity contribution in [1.29, 1.82) is 0 Å². The number of ether oxygens (including phenoxy) is 2. The van der Waals surface area contributed by atoms with E-state index in [1.165, 1.54) is 5.57 Å². The Morgan fingerprint density at radius 3 is 3.00 bits per heavy atom. The monoisotopic (exact) mass is 264 g/mol. The minimum Gasteiger partial charge on any atom is -0.455 e. The van der Waals surface area contributed by atoms with Crippen molar-refractivity contribution in [2.45, 2.75) is 57.0 Å². The molecule has 5 atom stereocenters. The second kappa shape index (κ2) is 4.18. The van der Waals surface area contributed by atoms with Crippen LogP contribution in [0.2, 0.25) is 0 Å². The normalized spacial score (nSPS) is 48.7. The fraction of sp³-hybridized carbons (Fsp3) is 0.667. The van der Waals surface area contributed by atoms with Gasteiger partial charge in [-0.05, 0) is 33.1 Å². The highest BCUT2D eigenvalue weighted by atomic mass is 16.7. The van der Waals surface area contributed by atoms with Crippen molar-refractivity contribution in [2.75, 3.05) is 0 Å². The average Bonchev–Trinajstić information content (AvgIpc) is 2.98. The van der Waals surface area contributed by atoms with Crippen molar-refractivity contribution in [3.8, 4) is 0 Å². The zero-order valence-electron chi connectivity index (χ0n) is 11.4. The Morgan fingerprint density at radius 2 is 2.26 bits per heavy atom. The van der Waals surface area contributed by atoms with Gasteiger partial charge in [0.05, 0.1) is 6.10 Å². The molecule has 4 heteroatoms. The molecular weight excluding hydrogens is 244 g/mol. The minimum absolute atomic E-state index is 0.00738. The van der Waals surface area contributed by atoms with Crippen LogP contribution in [0.25, 0.3) is 0 Å². The van der Waals surface area contributed by atoms with Crippen LogP contribution in [0.3, 0.4) is 0 Å². The average molecular weight is 264 g/mol. The molecule has 0 unspecified atom stereocenters. The summed E-state index contributed by atoms with van der Waals surface area (Å²) in [6, 6.07) is 0. The molecule has 3 rings (SSSR count). The second-order valence-electron chi connectivity index (χ2n) is 6.06.